The Morgan fingerprint density at radius 2 is 1.75 bits per heavy atom. The average Bonchev–Trinajstić information content (AvgIpc) is 2.76. The van der Waals surface area contributed by atoms with Crippen molar-refractivity contribution in [1.82, 2.24) is 4.98 Å². The van der Waals surface area contributed by atoms with Crippen LogP contribution in [0.3, 0.4) is 0 Å². The van der Waals surface area contributed by atoms with E-state index in [-0.39, 0.29) is 22.8 Å². The summed E-state index contributed by atoms with van der Waals surface area (Å²) in [5.41, 5.74) is 2.51. The Balaban J connectivity index is 1.94. The molecule has 0 aliphatic heterocycles. The second kappa shape index (κ2) is 9.49. The van der Waals surface area contributed by atoms with Gasteiger partial charge < -0.3 is 26.5 Å². The van der Waals surface area contributed by atoms with Crippen LogP contribution < -0.4 is 16.0 Å². The highest BCUT2D eigenvalue weighted by molar-refractivity contribution is 6.30. The molecule has 0 spiro atoms. The number of anilines is 3. The van der Waals surface area contributed by atoms with E-state index in [1.165, 1.54) is 12.3 Å². The number of aromatic nitrogens is 1. The van der Waals surface area contributed by atoms with Gasteiger partial charge in [-0.05, 0) is 61.4 Å². The first-order chi connectivity index (χ1) is 15.2. The predicted molar refractivity (Wildman–Crippen MR) is 126 cm³/mol. The number of carbonyl (C=O) groups excluding carboxylic acids is 2. The molecule has 5 N–H and O–H groups in total. The van der Waals surface area contributed by atoms with Crippen LogP contribution in [0.1, 0.15) is 38.8 Å². The maximum atomic E-state index is 13.0. The maximum Gasteiger partial charge on any atom is 0.259 e. The molecule has 2 amide bonds. The zero-order valence-electron chi connectivity index (χ0n) is 17.7. The third kappa shape index (κ3) is 5.04. The van der Waals surface area contributed by atoms with Crippen LogP contribution in [0, 0.1) is 12.3 Å². The van der Waals surface area contributed by atoms with Crippen molar-refractivity contribution in [2.45, 2.75) is 13.8 Å². The first-order valence-corrected chi connectivity index (χ1v) is 10.0. The molecule has 0 saturated heterocycles. The molecule has 0 unspecified atom stereocenters. The van der Waals surface area contributed by atoms with Gasteiger partial charge in [0.1, 0.15) is 11.6 Å². The van der Waals surface area contributed by atoms with Crippen LogP contribution in [0.2, 0.25) is 5.02 Å². The topological polar surface area (TPSA) is 127 Å². The summed E-state index contributed by atoms with van der Waals surface area (Å²) in [6.07, 6.45) is 1.40. The van der Waals surface area contributed by atoms with Crippen molar-refractivity contribution in [2.75, 3.05) is 23.0 Å². The zero-order chi connectivity index (χ0) is 23.4. The predicted octanol–water partition coefficient (Wildman–Crippen LogP) is 4.68. The van der Waals surface area contributed by atoms with E-state index in [0.29, 0.717) is 33.1 Å². The van der Waals surface area contributed by atoms with Crippen molar-refractivity contribution in [1.29, 1.82) is 5.41 Å². The van der Waals surface area contributed by atoms with Crippen molar-refractivity contribution in [3.05, 3.63) is 75.9 Å². The van der Waals surface area contributed by atoms with E-state index in [9.17, 15) is 14.7 Å². The number of pyridine rings is 1. The van der Waals surface area contributed by atoms with Gasteiger partial charge in [-0.15, -0.1) is 0 Å². The van der Waals surface area contributed by atoms with Gasteiger partial charge in [-0.2, -0.15) is 0 Å². The summed E-state index contributed by atoms with van der Waals surface area (Å²) in [6.45, 7) is 3.37. The Kier molecular flexibility index (Phi) is 6.75. The molecule has 0 aliphatic rings. The molecule has 9 heteroatoms. The van der Waals surface area contributed by atoms with Crippen LogP contribution in [0.25, 0.3) is 0 Å². The third-order valence-corrected chi connectivity index (χ3v) is 4.90. The zero-order valence-corrected chi connectivity index (χ0v) is 18.5. The summed E-state index contributed by atoms with van der Waals surface area (Å²) in [4.78, 5) is 29.9. The first kappa shape index (κ1) is 22.8. The lowest BCUT2D eigenvalue weighted by atomic mass is 10.0. The molecule has 1 heterocycles. The molecule has 0 fully saturated rings. The fourth-order valence-corrected chi connectivity index (χ4v) is 3.19. The molecule has 164 valence electrons. The first-order valence-electron chi connectivity index (χ1n) is 9.64. The summed E-state index contributed by atoms with van der Waals surface area (Å²) >= 11 is 5.83. The van der Waals surface area contributed by atoms with Crippen molar-refractivity contribution in [3.8, 4) is 5.75 Å². The van der Waals surface area contributed by atoms with Crippen molar-refractivity contribution >= 4 is 46.3 Å². The van der Waals surface area contributed by atoms with Crippen molar-refractivity contribution in [2.24, 2.45) is 0 Å². The Morgan fingerprint density at radius 3 is 2.38 bits per heavy atom. The standard InChI is InChI=1S/C23H22ClN5O3/c1-12-8-17(23(32)28-20-7-5-15(24)11-27-20)21(19(30)9-12)29-22(31)16-6-4-14(13(2)25)10-18(16)26-3/h4-11,25-26,30H,1-3H3,(H,29,31)(H,27,28,32). The molecular weight excluding hydrogens is 430 g/mol. The number of nitrogens with one attached hydrogen (secondary N) is 4. The highest BCUT2D eigenvalue weighted by Crippen LogP contribution is 2.31. The van der Waals surface area contributed by atoms with Gasteiger partial charge in [0.25, 0.3) is 11.8 Å². The van der Waals surface area contributed by atoms with E-state index in [2.05, 4.69) is 20.9 Å². The monoisotopic (exact) mass is 451 g/mol. The van der Waals surface area contributed by atoms with Crippen molar-refractivity contribution in [3.63, 3.8) is 0 Å². The molecule has 0 atom stereocenters. The van der Waals surface area contributed by atoms with Gasteiger partial charge >= 0.3 is 0 Å². The Labute approximate surface area is 190 Å². The summed E-state index contributed by atoms with van der Waals surface area (Å²) in [7, 11) is 1.66. The van der Waals surface area contributed by atoms with E-state index in [4.69, 9.17) is 17.0 Å². The van der Waals surface area contributed by atoms with Gasteiger partial charge in [0.2, 0.25) is 0 Å². The van der Waals surface area contributed by atoms with Gasteiger partial charge in [-0.1, -0.05) is 17.7 Å². The van der Waals surface area contributed by atoms with E-state index in [1.807, 2.05) is 0 Å². The van der Waals surface area contributed by atoms with Crippen LogP contribution in [0.15, 0.2) is 48.7 Å². The fourth-order valence-electron chi connectivity index (χ4n) is 3.07. The Bertz CT molecular complexity index is 1210. The normalized spacial score (nSPS) is 10.4. The van der Waals surface area contributed by atoms with Gasteiger partial charge in [-0.25, -0.2) is 4.98 Å². The molecular formula is C23H22ClN5O3. The smallest absolute Gasteiger partial charge is 0.259 e. The fraction of sp³-hybridized carbons (Fsp3) is 0.130. The van der Waals surface area contributed by atoms with Crippen LogP contribution in [-0.2, 0) is 0 Å². The number of carbonyl (C=O) groups is 2. The lowest BCUT2D eigenvalue weighted by Crippen LogP contribution is -2.20. The minimum absolute atomic E-state index is 0.0265. The number of rotatable bonds is 6. The van der Waals surface area contributed by atoms with Gasteiger partial charge in [-0.3, -0.25) is 9.59 Å². The highest BCUT2D eigenvalue weighted by Gasteiger charge is 2.21. The van der Waals surface area contributed by atoms with Crippen LogP contribution in [-0.4, -0.2) is 34.7 Å². The number of phenols is 1. The molecule has 0 saturated carbocycles. The summed E-state index contributed by atoms with van der Waals surface area (Å²) in [6, 6.07) is 11.1. The Hall–Kier alpha value is -3.91. The Morgan fingerprint density at radius 1 is 1.03 bits per heavy atom. The minimum Gasteiger partial charge on any atom is -0.506 e. The summed E-state index contributed by atoms with van der Waals surface area (Å²) in [5.74, 6) is -1.06. The van der Waals surface area contributed by atoms with E-state index in [0.717, 1.165) is 0 Å². The molecule has 32 heavy (non-hydrogen) atoms. The van der Waals surface area contributed by atoms with Crippen LogP contribution in [0.4, 0.5) is 17.2 Å². The number of hydrogen-bond acceptors (Lipinski definition) is 6. The molecule has 3 aromatic rings. The lowest BCUT2D eigenvalue weighted by Gasteiger charge is -2.16. The molecule has 3 rings (SSSR count). The highest BCUT2D eigenvalue weighted by atomic mass is 35.5. The van der Waals surface area contributed by atoms with Gasteiger partial charge in [0.05, 0.1) is 21.8 Å². The number of nitrogens with zero attached hydrogens (tertiary/aromatic N) is 1. The maximum absolute atomic E-state index is 13.0. The second-order valence-corrected chi connectivity index (χ2v) is 7.55. The van der Waals surface area contributed by atoms with E-state index in [1.54, 1.807) is 57.3 Å². The third-order valence-electron chi connectivity index (χ3n) is 4.68. The number of aryl methyl sites for hydroxylation is 1. The molecule has 0 aliphatic carbocycles. The molecule has 0 bridgehead atoms. The quantitative estimate of drug-likeness (QED) is 0.274. The number of hydrogen-bond donors (Lipinski definition) is 5. The lowest BCUT2D eigenvalue weighted by molar-refractivity contribution is 0.102. The molecule has 0 radical (unpaired) electrons. The SMILES string of the molecule is CNc1cc(C(C)=N)ccc1C(=O)Nc1c(O)cc(C)cc1C(=O)Nc1ccc(Cl)cn1. The molecule has 2 aromatic carbocycles. The van der Waals surface area contributed by atoms with E-state index >= 15 is 0 Å². The van der Waals surface area contributed by atoms with Crippen LogP contribution in [0.5, 0.6) is 5.75 Å². The number of benzene rings is 2. The van der Waals surface area contributed by atoms with Crippen molar-refractivity contribution < 1.29 is 14.7 Å². The molecule has 1 aromatic heterocycles. The average molecular weight is 452 g/mol. The number of phenolic OH excluding ortho intramolecular Hbond substituents is 1. The number of amides is 2. The summed E-state index contributed by atoms with van der Waals surface area (Å²) < 4.78 is 0. The number of aromatic hydroxyl groups is 1. The molecule has 8 nitrogen and oxygen atoms in total. The van der Waals surface area contributed by atoms with Gasteiger partial charge in [0.15, 0.2) is 0 Å². The second-order valence-electron chi connectivity index (χ2n) is 7.11. The number of halogens is 1. The largest absolute Gasteiger partial charge is 0.506 e. The minimum atomic E-state index is -0.558. The van der Waals surface area contributed by atoms with Gasteiger partial charge in [0, 0.05) is 24.6 Å². The van der Waals surface area contributed by atoms with Crippen LogP contribution >= 0.6 is 11.6 Å². The summed E-state index contributed by atoms with van der Waals surface area (Å²) in [5, 5.41) is 26.9. The van der Waals surface area contributed by atoms with E-state index < -0.39 is 11.8 Å².